The number of piperazine rings is 1. The Balaban J connectivity index is 1.53. The summed E-state index contributed by atoms with van der Waals surface area (Å²) < 4.78 is 0. The molecule has 13 nitrogen and oxygen atoms in total. The molecule has 0 aromatic heterocycles. The summed E-state index contributed by atoms with van der Waals surface area (Å²) in [6, 6.07) is 3.06. The van der Waals surface area contributed by atoms with Gasteiger partial charge in [-0.25, -0.2) is 0 Å². The topological polar surface area (TPSA) is 194 Å². The van der Waals surface area contributed by atoms with Gasteiger partial charge in [0.1, 0.15) is 22.8 Å². The van der Waals surface area contributed by atoms with Crippen molar-refractivity contribution in [3.05, 3.63) is 46.2 Å². The van der Waals surface area contributed by atoms with Crippen molar-refractivity contribution in [2.75, 3.05) is 60.1 Å². The molecule has 4 aliphatic rings. The minimum atomic E-state index is -2.76. The molecule has 1 aromatic carbocycles. The first kappa shape index (κ1) is 30.1. The summed E-state index contributed by atoms with van der Waals surface area (Å²) in [5.74, 6) is -7.39. The fourth-order valence-corrected chi connectivity index (χ4v) is 7.07. The zero-order valence-electron chi connectivity index (χ0n) is 23.9. The van der Waals surface area contributed by atoms with Gasteiger partial charge in [-0.3, -0.25) is 29.1 Å². The van der Waals surface area contributed by atoms with Crippen LogP contribution in [0.3, 0.4) is 0 Å². The van der Waals surface area contributed by atoms with Crippen molar-refractivity contribution in [1.82, 2.24) is 20.0 Å². The fraction of sp³-hybridized carbons (Fsp3) is 0.552. The molecule has 1 heterocycles. The lowest BCUT2D eigenvalue weighted by molar-refractivity contribution is -0.159. The second kappa shape index (κ2) is 10.7. The zero-order chi connectivity index (χ0) is 30.7. The highest BCUT2D eigenvalue weighted by Gasteiger charge is 2.66. The molecule has 1 saturated heterocycles. The molecule has 1 saturated carbocycles. The van der Waals surface area contributed by atoms with E-state index < -0.39 is 69.2 Å². The van der Waals surface area contributed by atoms with Gasteiger partial charge in [0.15, 0.2) is 11.4 Å². The van der Waals surface area contributed by atoms with Crippen LogP contribution in [0.5, 0.6) is 5.75 Å². The standard InChI is InChI=1S/C29H38N4O9/c1-28(41)15-5-4-6-18(35)19(15)23(36)20-16(28)13-17-22(31(2)3)24(37)21(26(39)29(17,42)25(20)38)27(40)30-14-33-9-7-32(8-10-33)11-12-34/h4-6,16-17,22,34-36,39,41-42H,7-14H2,1-3H3,(H,30,40)/t16-,17-,22?,28+,29-/m0/s1. The highest BCUT2D eigenvalue weighted by Crippen LogP contribution is 2.57. The molecule has 13 heteroatoms. The predicted molar refractivity (Wildman–Crippen MR) is 149 cm³/mol. The molecule has 1 aliphatic heterocycles. The predicted octanol–water partition coefficient (Wildman–Crippen LogP) is -1.17. The maximum absolute atomic E-state index is 14.1. The summed E-state index contributed by atoms with van der Waals surface area (Å²) in [7, 11) is 3.10. The summed E-state index contributed by atoms with van der Waals surface area (Å²) in [6.45, 7) is 4.58. The van der Waals surface area contributed by atoms with E-state index in [4.69, 9.17) is 5.11 Å². The molecule has 2 fully saturated rings. The van der Waals surface area contributed by atoms with Crippen molar-refractivity contribution in [1.29, 1.82) is 0 Å². The van der Waals surface area contributed by atoms with Crippen LogP contribution in [-0.2, 0) is 20.0 Å². The van der Waals surface area contributed by atoms with Gasteiger partial charge in [0.05, 0.1) is 30.5 Å². The van der Waals surface area contributed by atoms with Gasteiger partial charge in [-0.15, -0.1) is 0 Å². The number of aliphatic hydroxyl groups is 5. The van der Waals surface area contributed by atoms with E-state index in [1.165, 1.54) is 30.0 Å². The lowest BCUT2D eigenvalue weighted by Gasteiger charge is -2.53. The first-order valence-electron chi connectivity index (χ1n) is 14.0. The number of Topliss-reactive ketones (excluding diaryl/α,β-unsaturated/α-hetero) is 2. The van der Waals surface area contributed by atoms with E-state index in [-0.39, 0.29) is 36.6 Å². The number of fused-ring (bicyclic) bond motifs is 3. The van der Waals surface area contributed by atoms with Crippen molar-refractivity contribution in [3.63, 3.8) is 0 Å². The Kier molecular flexibility index (Phi) is 7.71. The van der Waals surface area contributed by atoms with Crippen LogP contribution in [-0.4, -0.2) is 135 Å². The van der Waals surface area contributed by atoms with Crippen molar-refractivity contribution < 1.29 is 45.0 Å². The number of benzene rings is 1. The maximum atomic E-state index is 14.1. The number of ketones is 2. The van der Waals surface area contributed by atoms with Gasteiger partial charge in [0.2, 0.25) is 5.78 Å². The number of rotatable bonds is 6. The van der Waals surface area contributed by atoms with E-state index in [0.717, 1.165) is 0 Å². The minimum Gasteiger partial charge on any atom is -0.508 e. The first-order chi connectivity index (χ1) is 19.8. The van der Waals surface area contributed by atoms with Crippen LogP contribution in [0.1, 0.15) is 24.5 Å². The largest absolute Gasteiger partial charge is 0.508 e. The minimum absolute atomic E-state index is 0.0442. The highest BCUT2D eigenvalue weighted by atomic mass is 16.3. The molecular formula is C29H38N4O9. The van der Waals surface area contributed by atoms with E-state index in [2.05, 4.69) is 10.2 Å². The number of phenolic OH excluding ortho intramolecular Hbond substituents is 1. The highest BCUT2D eigenvalue weighted by molar-refractivity contribution is 6.25. The molecule has 0 spiro atoms. The number of carbonyl (C=O) groups is 3. The van der Waals surface area contributed by atoms with E-state index in [1.54, 1.807) is 14.1 Å². The number of β-amino-alcohol motifs (C(OH)–C–C–N with tert-alkyl or cyclic N) is 1. The molecule has 5 atom stereocenters. The lowest BCUT2D eigenvalue weighted by atomic mass is 9.54. The van der Waals surface area contributed by atoms with E-state index in [1.807, 2.05) is 4.90 Å². The summed E-state index contributed by atoms with van der Waals surface area (Å²) in [4.78, 5) is 46.7. The summed E-state index contributed by atoms with van der Waals surface area (Å²) in [5, 5.41) is 68.5. The van der Waals surface area contributed by atoms with Crippen molar-refractivity contribution in [2.24, 2.45) is 11.8 Å². The Bertz CT molecular complexity index is 1380. The molecule has 3 aliphatic carbocycles. The number of amides is 1. The molecule has 1 amide bonds. The molecule has 42 heavy (non-hydrogen) atoms. The van der Waals surface area contributed by atoms with Crippen molar-refractivity contribution in [2.45, 2.75) is 30.6 Å². The third-order valence-corrected chi connectivity index (χ3v) is 9.35. The molecule has 228 valence electrons. The van der Waals surface area contributed by atoms with Crippen LogP contribution in [0.2, 0.25) is 0 Å². The summed E-state index contributed by atoms with van der Waals surface area (Å²) in [5.41, 5.74) is -5.68. The second-order valence-corrected chi connectivity index (χ2v) is 11.9. The summed E-state index contributed by atoms with van der Waals surface area (Å²) in [6.07, 6.45) is -0.199. The second-order valence-electron chi connectivity index (χ2n) is 11.9. The molecule has 5 rings (SSSR count). The SMILES string of the molecule is CN(C)C1C(=O)C(C(=O)NCN2CCN(CCO)CC2)=C(O)[C@@]2(O)C(=O)C3=C(O)c4c(O)cccc4[C@@](C)(O)[C@H]3C[C@@H]12. The van der Waals surface area contributed by atoms with Crippen LogP contribution in [0.25, 0.3) is 5.76 Å². The normalized spacial score (nSPS) is 32.1. The molecule has 1 aromatic rings. The van der Waals surface area contributed by atoms with E-state index in [0.29, 0.717) is 32.7 Å². The zero-order valence-corrected chi connectivity index (χ0v) is 23.9. The summed E-state index contributed by atoms with van der Waals surface area (Å²) >= 11 is 0. The number of hydrogen-bond acceptors (Lipinski definition) is 12. The molecule has 1 unspecified atom stereocenters. The Hall–Kier alpha value is -3.33. The molecule has 7 N–H and O–H groups in total. The number of hydrogen-bond donors (Lipinski definition) is 7. The van der Waals surface area contributed by atoms with Gasteiger partial charge in [0, 0.05) is 50.1 Å². The monoisotopic (exact) mass is 586 g/mol. The smallest absolute Gasteiger partial charge is 0.259 e. The number of nitrogens with zero attached hydrogens (tertiary/aromatic N) is 3. The van der Waals surface area contributed by atoms with Gasteiger partial charge in [-0.1, -0.05) is 12.1 Å². The van der Waals surface area contributed by atoms with Crippen LogP contribution in [0.4, 0.5) is 0 Å². The number of carbonyl (C=O) groups excluding carboxylic acids is 3. The number of phenols is 1. The lowest BCUT2D eigenvalue weighted by Crippen LogP contribution is -2.67. The average Bonchev–Trinajstić information content (AvgIpc) is 2.93. The van der Waals surface area contributed by atoms with Crippen LogP contribution < -0.4 is 5.32 Å². The first-order valence-corrected chi connectivity index (χ1v) is 14.0. The van der Waals surface area contributed by atoms with E-state index in [9.17, 15) is 39.9 Å². The van der Waals surface area contributed by atoms with Gasteiger partial charge in [-0.2, -0.15) is 0 Å². The van der Waals surface area contributed by atoms with Crippen LogP contribution in [0, 0.1) is 11.8 Å². The third kappa shape index (κ3) is 4.43. The molecule has 0 radical (unpaired) electrons. The number of aliphatic hydroxyl groups excluding tert-OH is 3. The van der Waals surface area contributed by atoms with E-state index >= 15 is 0 Å². The maximum Gasteiger partial charge on any atom is 0.259 e. The van der Waals surface area contributed by atoms with Crippen molar-refractivity contribution >= 4 is 23.2 Å². The van der Waals surface area contributed by atoms with Gasteiger partial charge >= 0.3 is 0 Å². The number of likely N-dealkylation sites (N-methyl/N-ethyl adjacent to an activating group) is 1. The average molecular weight is 587 g/mol. The van der Waals surface area contributed by atoms with Crippen molar-refractivity contribution in [3.8, 4) is 5.75 Å². The fourth-order valence-electron chi connectivity index (χ4n) is 7.07. The molecule has 0 bridgehead atoms. The Morgan fingerprint density at radius 3 is 2.33 bits per heavy atom. The van der Waals surface area contributed by atoms with Crippen LogP contribution in [0.15, 0.2) is 35.1 Å². The number of nitrogens with one attached hydrogen (secondary N) is 1. The van der Waals surface area contributed by atoms with Gasteiger partial charge < -0.3 is 36.0 Å². The quantitative estimate of drug-likeness (QED) is 0.198. The Morgan fingerprint density at radius 1 is 1.07 bits per heavy atom. The van der Waals surface area contributed by atoms with Crippen LogP contribution >= 0.6 is 0 Å². The third-order valence-electron chi connectivity index (χ3n) is 9.35. The van der Waals surface area contributed by atoms with Gasteiger partial charge in [0.25, 0.3) is 5.91 Å². The molecular weight excluding hydrogens is 548 g/mol. The van der Waals surface area contributed by atoms with Gasteiger partial charge in [-0.05, 0) is 39.1 Å². The number of aromatic hydroxyl groups is 1. The Labute approximate surface area is 243 Å². The Morgan fingerprint density at radius 2 is 1.71 bits per heavy atom.